The molecule has 2 fully saturated rings. The molecule has 3 heteroatoms. The van der Waals surface area contributed by atoms with E-state index in [2.05, 4.69) is 41.8 Å². The summed E-state index contributed by atoms with van der Waals surface area (Å²) in [5.74, 6) is 1.81. The van der Waals surface area contributed by atoms with Gasteiger partial charge in [0.15, 0.2) is 5.11 Å². The summed E-state index contributed by atoms with van der Waals surface area (Å²) in [6, 6.07) is 9.13. The summed E-state index contributed by atoms with van der Waals surface area (Å²) in [7, 11) is 0. The fraction of sp³-hybridized carbons (Fsp3) is 0.562. The predicted octanol–water partition coefficient (Wildman–Crippen LogP) is 3.72. The smallest absolute Gasteiger partial charge is 0.171 e. The molecule has 0 amide bonds. The van der Waals surface area contributed by atoms with Crippen molar-refractivity contribution < 1.29 is 0 Å². The molecular weight excluding hydrogens is 252 g/mol. The molecule has 0 heterocycles. The van der Waals surface area contributed by atoms with Gasteiger partial charge in [-0.2, -0.15) is 0 Å². The normalized spacial score (nSPS) is 28.4. The number of rotatable bonds is 3. The van der Waals surface area contributed by atoms with Gasteiger partial charge >= 0.3 is 0 Å². The maximum absolute atomic E-state index is 5.43. The van der Waals surface area contributed by atoms with Crippen molar-refractivity contribution in [3.05, 3.63) is 29.8 Å². The average molecular weight is 274 g/mol. The number of benzene rings is 1. The van der Waals surface area contributed by atoms with Crippen molar-refractivity contribution in [1.82, 2.24) is 5.32 Å². The summed E-state index contributed by atoms with van der Waals surface area (Å²) < 4.78 is 0. The Morgan fingerprint density at radius 2 is 2.00 bits per heavy atom. The molecule has 0 aliphatic heterocycles. The zero-order valence-electron chi connectivity index (χ0n) is 11.5. The summed E-state index contributed by atoms with van der Waals surface area (Å²) in [5.41, 5.74) is 2.44. The van der Waals surface area contributed by atoms with Crippen LogP contribution in [0.5, 0.6) is 0 Å². The molecule has 2 nitrogen and oxygen atoms in total. The van der Waals surface area contributed by atoms with Crippen LogP contribution in [-0.4, -0.2) is 11.2 Å². The van der Waals surface area contributed by atoms with Crippen LogP contribution in [0, 0.1) is 11.8 Å². The molecule has 19 heavy (non-hydrogen) atoms. The minimum absolute atomic E-state index is 0.605. The highest BCUT2D eigenvalue weighted by Gasteiger charge is 2.39. The van der Waals surface area contributed by atoms with Crippen LogP contribution in [0.25, 0.3) is 0 Å². The lowest BCUT2D eigenvalue weighted by Crippen LogP contribution is -2.40. The van der Waals surface area contributed by atoms with Crippen molar-refractivity contribution in [2.24, 2.45) is 11.8 Å². The largest absolute Gasteiger partial charge is 0.359 e. The number of hydrogen-bond acceptors (Lipinski definition) is 1. The van der Waals surface area contributed by atoms with E-state index in [0.717, 1.165) is 29.1 Å². The van der Waals surface area contributed by atoms with Gasteiger partial charge in [0.25, 0.3) is 0 Å². The molecule has 102 valence electrons. The first-order valence-corrected chi connectivity index (χ1v) is 7.82. The quantitative estimate of drug-likeness (QED) is 0.821. The van der Waals surface area contributed by atoms with E-state index in [9.17, 15) is 0 Å². The Bertz CT molecular complexity index is 454. The minimum atomic E-state index is 0.605. The molecule has 3 atom stereocenters. The van der Waals surface area contributed by atoms with Crippen LogP contribution in [-0.2, 0) is 6.42 Å². The number of anilines is 1. The topological polar surface area (TPSA) is 24.1 Å². The van der Waals surface area contributed by atoms with Gasteiger partial charge in [-0.15, -0.1) is 0 Å². The average Bonchev–Trinajstić information content (AvgIpc) is 3.02. The second kappa shape index (κ2) is 5.49. The van der Waals surface area contributed by atoms with Gasteiger partial charge in [0.2, 0.25) is 0 Å². The lowest BCUT2D eigenvalue weighted by molar-refractivity contribution is 0.392. The number of fused-ring (bicyclic) bond motifs is 2. The van der Waals surface area contributed by atoms with Gasteiger partial charge in [0, 0.05) is 11.7 Å². The lowest BCUT2D eigenvalue weighted by atomic mass is 9.96. The summed E-state index contributed by atoms with van der Waals surface area (Å²) in [5, 5.41) is 7.59. The van der Waals surface area contributed by atoms with Gasteiger partial charge in [0.05, 0.1) is 0 Å². The number of hydrogen-bond donors (Lipinski definition) is 2. The molecule has 2 N–H and O–H groups in total. The van der Waals surface area contributed by atoms with Gasteiger partial charge in [-0.25, -0.2) is 0 Å². The Hall–Kier alpha value is -1.09. The molecule has 0 spiro atoms. The summed E-state index contributed by atoms with van der Waals surface area (Å²) in [4.78, 5) is 0. The third-order valence-corrected chi connectivity index (χ3v) is 4.89. The monoisotopic (exact) mass is 274 g/mol. The molecule has 3 rings (SSSR count). The SMILES string of the molecule is CCc1ccc(NC(=S)N[C@@H]2C[C@H]3CC[C@@H]2C3)cc1. The fourth-order valence-corrected chi connectivity index (χ4v) is 3.85. The van der Waals surface area contributed by atoms with Crippen LogP contribution in [0.4, 0.5) is 5.69 Å². The highest BCUT2D eigenvalue weighted by atomic mass is 32.1. The third-order valence-electron chi connectivity index (χ3n) is 4.67. The van der Waals surface area contributed by atoms with Gasteiger partial charge < -0.3 is 10.6 Å². The molecule has 0 aromatic heterocycles. The molecule has 0 saturated heterocycles. The van der Waals surface area contributed by atoms with E-state index in [4.69, 9.17) is 12.2 Å². The van der Waals surface area contributed by atoms with Crippen molar-refractivity contribution >= 4 is 23.0 Å². The molecule has 2 saturated carbocycles. The number of thiocarbonyl (C=S) groups is 1. The molecular formula is C16H22N2S. The second-order valence-electron chi connectivity index (χ2n) is 5.93. The van der Waals surface area contributed by atoms with E-state index in [1.165, 1.54) is 31.2 Å². The summed E-state index contributed by atoms with van der Waals surface area (Å²) >= 11 is 5.43. The van der Waals surface area contributed by atoms with Crippen molar-refractivity contribution in [1.29, 1.82) is 0 Å². The molecule has 2 bridgehead atoms. The van der Waals surface area contributed by atoms with Gasteiger partial charge in [-0.05, 0) is 67.4 Å². The van der Waals surface area contributed by atoms with Crippen molar-refractivity contribution in [3.8, 4) is 0 Å². The summed E-state index contributed by atoms with van der Waals surface area (Å²) in [6.07, 6.45) is 6.61. The number of nitrogens with one attached hydrogen (secondary N) is 2. The van der Waals surface area contributed by atoms with Crippen LogP contribution in [0.3, 0.4) is 0 Å². The Balaban J connectivity index is 1.53. The van der Waals surface area contributed by atoms with Crippen LogP contribution >= 0.6 is 12.2 Å². The van der Waals surface area contributed by atoms with Gasteiger partial charge in [-0.1, -0.05) is 25.5 Å². The summed E-state index contributed by atoms with van der Waals surface area (Å²) in [6.45, 7) is 2.17. The van der Waals surface area contributed by atoms with Crippen LogP contribution in [0.1, 0.15) is 38.2 Å². The van der Waals surface area contributed by atoms with Crippen molar-refractivity contribution in [2.75, 3.05) is 5.32 Å². The van der Waals surface area contributed by atoms with Crippen LogP contribution in [0.2, 0.25) is 0 Å². The van der Waals surface area contributed by atoms with E-state index < -0.39 is 0 Å². The Kier molecular flexibility index (Phi) is 3.74. The van der Waals surface area contributed by atoms with Gasteiger partial charge in [0.1, 0.15) is 0 Å². The van der Waals surface area contributed by atoms with Crippen molar-refractivity contribution in [2.45, 2.75) is 45.1 Å². The van der Waals surface area contributed by atoms with E-state index >= 15 is 0 Å². The van der Waals surface area contributed by atoms with Crippen LogP contribution in [0.15, 0.2) is 24.3 Å². The predicted molar refractivity (Wildman–Crippen MR) is 84.4 cm³/mol. The zero-order valence-corrected chi connectivity index (χ0v) is 12.3. The molecule has 0 unspecified atom stereocenters. The lowest BCUT2D eigenvalue weighted by Gasteiger charge is -2.24. The molecule has 1 aromatic carbocycles. The van der Waals surface area contributed by atoms with Gasteiger partial charge in [-0.3, -0.25) is 0 Å². The Morgan fingerprint density at radius 1 is 1.21 bits per heavy atom. The minimum Gasteiger partial charge on any atom is -0.359 e. The van der Waals surface area contributed by atoms with Crippen molar-refractivity contribution in [3.63, 3.8) is 0 Å². The van der Waals surface area contributed by atoms with E-state index in [0.29, 0.717) is 6.04 Å². The standard InChI is InChI=1S/C16H22N2S/c1-2-11-4-7-14(8-5-11)17-16(19)18-15-10-12-3-6-13(15)9-12/h4-5,7-8,12-13,15H,2-3,6,9-10H2,1H3,(H2,17,18,19)/t12-,13+,15+/m0/s1. The highest BCUT2D eigenvalue weighted by Crippen LogP contribution is 2.44. The zero-order chi connectivity index (χ0) is 13.2. The van der Waals surface area contributed by atoms with E-state index in [-0.39, 0.29) is 0 Å². The number of aryl methyl sites for hydroxylation is 1. The third kappa shape index (κ3) is 2.92. The second-order valence-corrected chi connectivity index (χ2v) is 6.34. The Labute approximate surface area is 121 Å². The van der Waals surface area contributed by atoms with E-state index in [1.807, 2.05) is 0 Å². The molecule has 0 radical (unpaired) electrons. The Morgan fingerprint density at radius 3 is 2.58 bits per heavy atom. The first-order valence-electron chi connectivity index (χ1n) is 7.41. The van der Waals surface area contributed by atoms with E-state index in [1.54, 1.807) is 0 Å². The fourth-order valence-electron chi connectivity index (χ4n) is 3.58. The maximum Gasteiger partial charge on any atom is 0.171 e. The van der Waals surface area contributed by atoms with Crippen LogP contribution < -0.4 is 10.6 Å². The molecule has 1 aromatic rings. The molecule has 2 aliphatic rings. The first kappa shape index (κ1) is 12.9. The molecule has 2 aliphatic carbocycles. The highest BCUT2D eigenvalue weighted by molar-refractivity contribution is 7.80. The first-order chi connectivity index (χ1) is 9.24. The maximum atomic E-state index is 5.43.